The first-order chi connectivity index (χ1) is 12.2. The molecule has 6 nitrogen and oxygen atoms in total. The van der Waals surface area contributed by atoms with Gasteiger partial charge in [-0.2, -0.15) is 0 Å². The van der Waals surface area contributed by atoms with Gasteiger partial charge in [-0.1, -0.05) is 0 Å². The summed E-state index contributed by atoms with van der Waals surface area (Å²) < 4.78 is 4.63. The van der Waals surface area contributed by atoms with Crippen LogP contribution < -0.4 is 0 Å². The summed E-state index contributed by atoms with van der Waals surface area (Å²) in [5.74, 6) is 4.21. The zero-order valence-corrected chi connectivity index (χ0v) is 15.4. The van der Waals surface area contributed by atoms with Crippen LogP contribution in [0.5, 0.6) is 0 Å². The minimum absolute atomic E-state index is 0.427. The molecule has 1 saturated heterocycles. The molecule has 2 aliphatic carbocycles. The van der Waals surface area contributed by atoms with Crippen molar-refractivity contribution in [1.29, 1.82) is 0 Å². The standard InChI is InChI=1S/C19H28N6/c1-23-15-7-4-3-6-14(15)20-19(23)16-8-5-11-25(16)12-17-21-22-18(24(17)2)13-9-10-13/h13,16H,3-12H2,1-2H3. The number of nitrogens with zero attached hydrogens (tertiary/aromatic N) is 6. The van der Waals surface area contributed by atoms with Crippen molar-refractivity contribution in [3.63, 3.8) is 0 Å². The average molecular weight is 340 g/mol. The fraction of sp³-hybridized carbons (Fsp3) is 0.737. The van der Waals surface area contributed by atoms with Gasteiger partial charge in [-0.15, -0.1) is 10.2 Å². The van der Waals surface area contributed by atoms with Crippen LogP contribution in [0, 0.1) is 0 Å². The van der Waals surface area contributed by atoms with Gasteiger partial charge in [0.15, 0.2) is 0 Å². The summed E-state index contributed by atoms with van der Waals surface area (Å²) in [6, 6.07) is 0.427. The zero-order valence-electron chi connectivity index (χ0n) is 15.4. The van der Waals surface area contributed by atoms with Crippen molar-refractivity contribution in [3.8, 4) is 0 Å². The third-order valence-electron chi connectivity index (χ3n) is 6.36. The van der Waals surface area contributed by atoms with E-state index in [0.29, 0.717) is 12.0 Å². The minimum Gasteiger partial charge on any atom is -0.334 e. The Morgan fingerprint density at radius 2 is 1.76 bits per heavy atom. The third kappa shape index (κ3) is 2.62. The van der Waals surface area contributed by atoms with Crippen molar-refractivity contribution in [2.45, 2.75) is 69.9 Å². The van der Waals surface area contributed by atoms with Crippen LogP contribution in [0.4, 0.5) is 0 Å². The molecular weight excluding hydrogens is 312 g/mol. The molecule has 134 valence electrons. The molecule has 0 radical (unpaired) electrons. The highest BCUT2D eigenvalue weighted by molar-refractivity contribution is 5.22. The van der Waals surface area contributed by atoms with Gasteiger partial charge in [0.05, 0.1) is 18.3 Å². The predicted octanol–water partition coefficient (Wildman–Crippen LogP) is 2.64. The molecule has 0 amide bonds. The lowest BCUT2D eigenvalue weighted by molar-refractivity contribution is 0.228. The van der Waals surface area contributed by atoms with Crippen molar-refractivity contribution >= 4 is 0 Å². The molecule has 1 saturated carbocycles. The van der Waals surface area contributed by atoms with Crippen molar-refractivity contribution in [2.75, 3.05) is 6.54 Å². The number of rotatable bonds is 4. The van der Waals surface area contributed by atoms with Gasteiger partial charge in [-0.05, 0) is 57.9 Å². The summed E-state index contributed by atoms with van der Waals surface area (Å²) in [5, 5.41) is 8.95. The molecular formula is C19H28N6. The van der Waals surface area contributed by atoms with E-state index in [4.69, 9.17) is 4.98 Å². The zero-order chi connectivity index (χ0) is 17.0. The first kappa shape index (κ1) is 15.6. The van der Waals surface area contributed by atoms with E-state index in [1.807, 2.05) is 0 Å². The molecule has 0 bridgehead atoms. The Labute approximate surface area is 149 Å². The van der Waals surface area contributed by atoms with Crippen LogP contribution in [-0.2, 0) is 33.5 Å². The molecule has 2 aromatic heterocycles. The van der Waals surface area contributed by atoms with Crippen LogP contribution in [0.15, 0.2) is 0 Å². The molecule has 25 heavy (non-hydrogen) atoms. The van der Waals surface area contributed by atoms with Gasteiger partial charge in [0.1, 0.15) is 17.5 Å². The van der Waals surface area contributed by atoms with Crippen LogP contribution in [-0.4, -0.2) is 35.8 Å². The number of hydrogen-bond donors (Lipinski definition) is 0. The van der Waals surface area contributed by atoms with Crippen molar-refractivity contribution < 1.29 is 0 Å². The van der Waals surface area contributed by atoms with Crippen molar-refractivity contribution in [3.05, 3.63) is 28.9 Å². The Hall–Kier alpha value is -1.69. The Bertz CT molecular complexity index is 784. The van der Waals surface area contributed by atoms with Gasteiger partial charge in [0.25, 0.3) is 0 Å². The van der Waals surface area contributed by atoms with Gasteiger partial charge in [-0.3, -0.25) is 4.90 Å². The maximum atomic E-state index is 5.07. The highest BCUT2D eigenvalue weighted by atomic mass is 15.3. The highest BCUT2D eigenvalue weighted by Crippen LogP contribution is 2.39. The molecule has 5 rings (SSSR count). The van der Waals surface area contributed by atoms with Crippen LogP contribution >= 0.6 is 0 Å². The summed E-state index contributed by atoms with van der Waals surface area (Å²) >= 11 is 0. The molecule has 3 heterocycles. The summed E-state index contributed by atoms with van der Waals surface area (Å²) in [7, 11) is 4.35. The number of likely N-dealkylation sites (tertiary alicyclic amines) is 1. The Kier molecular flexibility index (Phi) is 3.69. The number of imidazole rings is 1. The average Bonchev–Trinajstić information content (AvgIpc) is 3.12. The van der Waals surface area contributed by atoms with Crippen LogP contribution in [0.25, 0.3) is 0 Å². The monoisotopic (exact) mass is 340 g/mol. The Morgan fingerprint density at radius 1 is 0.920 bits per heavy atom. The minimum atomic E-state index is 0.427. The summed E-state index contributed by atoms with van der Waals surface area (Å²) in [4.78, 5) is 7.63. The van der Waals surface area contributed by atoms with E-state index in [1.54, 1.807) is 0 Å². The first-order valence-electron chi connectivity index (χ1n) is 9.89. The molecule has 6 heteroatoms. The second-order valence-corrected chi connectivity index (χ2v) is 8.07. The van der Waals surface area contributed by atoms with E-state index in [0.717, 1.165) is 25.3 Å². The smallest absolute Gasteiger partial charge is 0.146 e. The molecule has 2 aromatic rings. The van der Waals surface area contributed by atoms with E-state index in [9.17, 15) is 0 Å². The van der Waals surface area contributed by atoms with Crippen molar-refractivity contribution in [2.24, 2.45) is 14.1 Å². The molecule has 1 atom stereocenters. The van der Waals surface area contributed by atoms with Gasteiger partial charge >= 0.3 is 0 Å². The molecule has 1 aliphatic heterocycles. The molecule has 0 spiro atoms. The molecule has 0 N–H and O–H groups in total. The second-order valence-electron chi connectivity index (χ2n) is 8.07. The van der Waals surface area contributed by atoms with Crippen LogP contribution in [0.1, 0.15) is 79.3 Å². The third-order valence-corrected chi connectivity index (χ3v) is 6.36. The fourth-order valence-electron chi connectivity index (χ4n) is 4.70. The number of hydrogen-bond acceptors (Lipinski definition) is 4. The Morgan fingerprint density at radius 3 is 2.56 bits per heavy atom. The molecule has 0 aromatic carbocycles. The SMILES string of the molecule is Cn1c(CN2CCCC2c2nc3c(n2C)CCCC3)nnc1C1CC1. The highest BCUT2D eigenvalue weighted by Gasteiger charge is 2.34. The lowest BCUT2D eigenvalue weighted by Gasteiger charge is -2.24. The van der Waals surface area contributed by atoms with Gasteiger partial charge in [-0.25, -0.2) is 4.98 Å². The van der Waals surface area contributed by atoms with E-state index < -0.39 is 0 Å². The largest absolute Gasteiger partial charge is 0.334 e. The lowest BCUT2D eigenvalue weighted by atomic mass is 10.0. The molecule has 3 aliphatic rings. The molecule has 1 unspecified atom stereocenters. The van der Waals surface area contributed by atoms with E-state index in [2.05, 4.69) is 38.3 Å². The van der Waals surface area contributed by atoms with E-state index in [1.165, 1.54) is 68.0 Å². The predicted molar refractivity (Wildman–Crippen MR) is 95.2 cm³/mol. The normalized spacial score (nSPS) is 24.0. The van der Waals surface area contributed by atoms with E-state index in [-0.39, 0.29) is 0 Å². The lowest BCUT2D eigenvalue weighted by Crippen LogP contribution is -2.26. The summed E-state index contributed by atoms with van der Waals surface area (Å²) in [6.07, 6.45) is 9.95. The molecule has 2 fully saturated rings. The maximum Gasteiger partial charge on any atom is 0.146 e. The van der Waals surface area contributed by atoms with Gasteiger partial charge in [0.2, 0.25) is 0 Å². The fourth-order valence-corrected chi connectivity index (χ4v) is 4.70. The summed E-state index contributed by atoms with van der Waals surface area (Å²) in [6.45, 7) is 2.02. The second kappa shape index (κ2) is 5.94. The first-order valence-corrected chi connectivity index (χ1v) is 9.89. The topological polar surface area (TPSA) is 51.8 Å². The van der Waals surface area contributed by atoms with Gasteiger partial charge < -0.3 is 9.13 Å². The maximum absolute atomic E-state index is 5.07. The van der Waals surface area contributed by atoms with E-state index >= 15 is 0 Å². The van der Waals surface area contributed by atoms with Gasteiger partial charge in [0, 0.05) is 25.7 Å². The van der Waals surface area contributed by atoms with Crippen molar-refractivity contribution in [1.82, 2.24) is 29.2 Å². The number of fused-ring (bicyclic) bond motifs is 1. The van der Waals surface area contributed by atoms with Crippen LogP contribution in [0.3, 0.4) is 0 Å². The number of aromatic nitrogens is 5. The Balaban J connectivity index is 1.40. The quantitative estimate of drug-likeness (QED) is 0.858. The van der Waals surface area contributed by atoms with Crippen LogP contribution in [0.2, 0.25) is 0 Å². The number of aryl methyl sites for hydroxylation is 1. The summed E-state index contributed by atoms with van der Waals surface area (Å²) in [5.41, 5.74) is 2.83.